The van der Waals surface area contributed by atoms with Crippen molar-refractivity contribution >= 4 is 17.6 Å². The molecule has 2 atom stereocenters. The fraction of sp³-hybridized carbons (Fsp3) is 0.345. The Morgan fingerprint density at radius 1 is 1.07 bits per heavy atom. The summed E-state index contributed by atoms with van der Waals surface area (Å²) >= 11 is 0. The van der Waals surface area contributed by atoms with Gasteiger partial charge in [0.25, 0.3) is 11.5 Å². The maximum atomic E-state index is 14.7. The number of benzene rings is 2. The van der Waals surface area contributed by atoms with Gasteiger partial charge in [-0.25, -0.2) is 13.6 Å². The Bertz CT molecular complexity index is 1610. The predicted octanol–water partition coefficient (Wildman–Crippen LogP) is 4.77. The molecule has 224 valence electrons. The lowest BCUT2D eigenvalue weighted by Crippen LogP contribution is -2.43. The van der Waals surface area contributed by atoms with Gasteiger partial charge in [-0.3, -0.25) is 9.59 Å². The van der Waals surface area contributed by atoms with Gasteiger partial charge in [-0.15, -0.1) is 0 Å². The number of carbonyl (C=O) groups excluding carboxylic acids is 1. The minimum atomic E-state index is -4.69. The second-order valence-electron chi connectivity index (χ2n) is 10.2. The number of alkyl halides is 3. The van der Waals surface area contributed by atoms with E-state index in [1.807, 2.05) is 25.2 Å². The molecule has 2 aromatic carbocycles. The lowest BCUT2D eigenvalue weighted by molar-refractivity contribution is -0.139. The van der Waals surface area contributed by atoms with Gasteiger partial charge in [0.2, 0.25) is 0 Å². The molecule has 13 heteroatoms. The molecule has 0 radical (unpaired) electrons. The fourth-order valence-corrected chi connectivity index (χ4v) is 4.93. The first kappa shape index (κ1) is 30.7. The quantitative estimate of drug-likeness (QED) is 0.325. The number of hydrogen-bond acceptors (Lipinski definition) is 5. The monoisotopic (exact) mass is 593 g/mol. The van der Waals surface area contributed by atoms with Crippen LogP contribution in [0.4, 0.5) is 27.6 Å². The van der Waals surface area contributed by atoms with Crippen molar-refractivity contribution in [2.24, 2.45) is 7.05 Å². The molecule has 0 saturated carbocycles. The summed E-state index contributed by atoms with van der Waals surface area (Å²) in [6.07, 6.45) is -4.96. The number of nitrogens with one attached hydrogen (secondary N) is 2. The molecule has 2 unspecified atom stereocenters. The molecular formula is C29H28F5N3O5. The lowest BCUT2D eigenvalue weighted by Gasteiger charge is -2.20. The maximum Gasteiger partial charge on any atom is 0.408 e. The van der Waals surface area contributed by atoms with E-state index < -0.39 is 53.0 Å². The molecule has 1 aliphatic rings. The van der Waals surface area contributed by atoms with E-state index in [2.05, 4.69) is 5.32 Å². The van der Waals surface area contributed by atoms with Gasteiger partial charge in [-0.05, 0) is 66.8 Å². The van der Waals surface area contributed by atoms with E-state index in [1.54, 1.807) is 19.2 Å². The molecule has 2 heterocycles. The van der Waals surface area contributed by atoms with Crippen molar-refractivity contribution in [3.8, 4) is 11.1 Å². The van der Waals surface area contributed by atoms with Gasteiger partial charge in [0.05, 0.1) is 18.8 Å². The summed E-state index contributed by atoms with van der Waals surface area (Å²) in [5, 5.41) is 13.8. The van der Waals surface area contributed by atoms with E-state index in [0.29, 0.717) is 39.9 Å². The molecule has 42 heavy (non-hydrogen) atoms. The van der Waals surface area contributed by atoms with Crippen LogP contribution in [-0.4, -0.2) is 39.8 Å². The molecule has 1 amide bonds. The van der Waals surface area contributed by atoms with Crippen molar-refractivity contribution in [1.82, 2.24) is 9.88 Å². The summed E-state index contributed by atoms with van der Waals surface area (Å²) in [6.45, 7) is 4.67. The Hall–Kier alpha value is -4.26. The molecule has 0 spiro atoms. The highest BCUT2D eigenvalue weighted by Crippen LogP contribution is 2.34. The van der Waals surface area contributed by atoms with Gasteiger partial charge >= 0.3 is 12.1 Å². The topological polar surface area (TPSA) is 110 Å². The highest BCUT2D eigenvalue weighted by Gasteiger charge is 2.36. The van der Waals surface area contributed by atoms with Crippen molar-refractivity contribution in [3.05, 3.63) is 85.8 Å². The first-order valence-electron chi connectivity index (χ1n) is 12.8. The van der Waals surface area contributed by atoms with Gasteiger partial charge in [0.15, 0.2) is 0 Å². The fourth-order valence-electron chi connectivity index (χ4n) is 4.93. The highest BCUT2D eigenvalue weighted by molar-refractivity contribution is 5.97. The van der Waals surface area contributed by atoms with Crippen molar-refractivity contribution in [2.45, 2.75) is 58.7 Å². The van der Waals surface area contributed by atoms with Crippen LogP contribution in [0.2, 0.25) is 0 Å². The van der Waals surface area contributed by atoms with Gasteiger partial charge in [0.1, 0.15) is 29.3 Å². The number of hydrogen-bond donors (Lipinski definition) is 3. The summed E-state index contributed by atoms with van der Waals surface area (Å²) in [6, 6.07) is 2.47. The van der Waals surface area contributed by atoms with Crippen LogP contribution in [0.15, 0.2) is 35.1 Å². The Morgan fingerprint density at radius 2 is 1.69 bits per heavy atom. The minimum Gasteiger partial charge on any atom is -0.480 e. The molecule has 0 bridgehead atoms. The Kier molecular flexibility index (Phi) is 8.44. The summed E-state index contributed by atoms with van der Waals surface area (Å²) in [5.41, 5.74) is 2.58. The zero-order chi connectivity index (χ0) is 31.1. The van der Waals surface area contributed by atoms with E-state index in [4.69, 9.17) is 4.74 Å². The first-order valence-corrected chi connectivity index (χ1v) is 12.8. The second kappa shape index (κ2) is 11.6. The van der Waals surface area contributed by atoms with Crippen LogP contribution in [0.25, 0.3) is 11.1 Å². The SMILES string of the molecule is Cc1cc(C)n(C)c(=O)c1-c1ccc(CC(NC(=O)c2c(F)cc(NC(C)C(F)(F)F)cc2F)C(=O)O)c2c1COC2. The number of carboxylic acid groups (broad SMARTS) is 1. The van der Waals surface area contributed by atoms with Gasteiger partial charge in [0, 0.05) is 24.8 Å². The normalized spacial score (nSPS) is 14.3. The number of pyridine rings is 1. The number of aliphatic carboxylic acids is 1. The molecule has 3 aromatic rings. The molecule has 8 nitrogen and oxygen atoms in total. The largest absolute Gasteiger partial charge is 0.480 e. The molecule has 1 aliphatic heterocycles. The maximum absolute atomic E-state index is 14.7. The lowest BCUT2D eigenvalue weighted by atomic mass is 9.90. The van der Waals surface area contributed by atoms with Crippen LogP contribution in [0.5, 0.6) is 0 Å². The van der Waals surface area contributed by atoms with Crippen molar-refractivity contribution in [2.75, 3.05) is 5.32 Å². The van der Waals surface area contributed by atoms with Crippen LogP contribution in [-0.2, 0) is 36.2 Å². The molecule has 0 fully saturated rings. The van der Waals surface area contributed by atoms with Crippen molar-refractivity contribution in [1.29, 1.82) is 0 Å². The van der Waals surface area contributed by atoms with Crippen molar-refractivity contribution < 1.29 is 41.4 Å². The number of aryl methyl sites for hydroxylation is 2. The highest BCUT2D eigenvalue weighted by atomic mass is 19.4. The first-order chi connectivity index (χ1) is 19.6. The number of nitrogens with zero attached hydrogens (tertiary/aromatic N) is 1. The summed E-state index contributed by atoms with van der Waals surface area (Å²) in [5.74, 6) is -5.82. The number of anilines is 1. The summed E-state index contributed by atoms with van der Waals surface area (Å²) < 4.78 is 74.9. The smallest absolute Gasteiger partial charge is 0.408 e. The summed E-state index contributed by atoms with van der Waals surface area (Å²) in [4.78, 5) is 37.9. The average molecular weight is 594 g/mol. The minimum absolute atomic E-state index is 0.123. The molecule has 0 saturated heterocycles. The van der Waals surface area contributed by atoms with Crippen LogP contribution in [0, 0.1) is 25.5 Å². The predicted molar refractivity (Wildman–Crippen MR) is 143 cm³/mol. The third kappa shape index (κ3) is 6.01. The van der Waals surface area contributed by atoms with Crippen molar-refractivity contribution in [3.63, 3.8) is 0 Å². The Labute approximate surface area is 237 Å². The van der Waals surface area contributed by atoms with E-state index >= 15 is 0 Å². The number of aromatic nitrogens is 1. The van der Waals surface area contributed by atoms with Crippen LogP contribution < -0.4 is 16.2 Å². The Balaban J connectivity index is 1.61. The zero-order valence-electron chi connectivity index (χ0n) is 23.1. The molecule has 1 aromatic heterocycles. The van der Waals surface area contributed by atoms with Gasteiger partial charge < -0.3 is 25.0 Å². The number of amides is 1. The molecule has 3 N–H and O–H groups in total. The third-order valence-electron chi connectivity index (χ3n) is 7.33. The standard InChI is InChI=1S/C29H28F5N3O5/c1-13-7-14(2)37(4)27(39)24(13)18-6-5-16(19-11-42-12-20(18)19)8-23(28(40)41)36-26(38)25-21(30)9-17(10-22(25)31)35-15(3)29(32,33)34/h5-7,9-10,15,23,35H,8,11-12H2,1-4H3,(H,36,38)(H,40,41). The number of rotatable bonds is 8. The van der Waals surface area contributed by atoms with Gasteiger partial charge in [-0.1, -0.05) is 12.1 Å². The third-order valence-corrected chi connectivity index (χ3v) is 7.33. The average Bonchev–Trinajstić information content (AvgIpc) is 3.37. The van der Waals surface area contributed by atoms with Crippen LogP contribution >= 0.6 is 0 Å². The number of carboxylic acids is 1. The summed E-state index contributed by atoms with van der Waals surface area (Å²) in [7, 11) is 1.66. The molecule has 4 rings (SSSR count). The van der Waals surface area contributed by atoms with E-state index in [1.165, 1.54) is 4.57 Å². The van der Waals surface area contributed by atoms with Crippen LogP contribution in [0.3, 0.4) is 0 Å². The van der Waals surface area contributed by atoms with E-state index in [0.717, 1.165) is 18.2 Å². The number of fused-ring (bicyclic) bond motifs is 1. The zero-order valence-corrected chi connectivity index (χ0v) is 23.1. The Morgan fingerprint density at radius 3 is 2.29 bits per heavy atom. The number of carbonyl (C=O) groups is 2. The van der Waals surface area contributed by atoms with E-state index in [-0.39, 0.29) is 25.2 Å². The molecule has 0 aliphatic carbocycles. The number of halogens is 5. The van der Waals surface area contributed by atoms with E-state index in [9.17, 15) is 41.4 Å². The second-order valence-corrected chi connectivity index (χ2v) is 10.2. The molecular weight excluding hydrogens is 565 g/mol. The van der Waals surface area contributed by atoms with Gasteiger partial charge in [-0.2, -0.15) is 13.2 Å². The number of ether oxygens (including phenoxy) is 1. The van der Waals surface area contributed by atoms with Crippen LogP contribution in [0.1, 0.15) is 45.2 Å².